The van der Waals surface area contributed by atoms with Gasteiger partial charge < -0.3 is 10.9 Å². The van der Waals surface area contributed by atoms with Crippen molar-refractivity contribution in [3.8, 4) is 0 Å². The minimum atomic E-state index is 0.401. The quantitative estimate of drug-likeness (QED) is 0.787. The fourth-order valence-electron chi connectivity index (χ4n) is 2.14. The molecule has 0 saturated heterocycles. The van der Waals surface area contributed by atoms with Crippen molar-refractivity contribution in [2.45, 2.75) is 5.92 Å². The van der Waals surface area contributed by atoms with Gasteiger partial charge >= 0.3 is 0 Å². The Balaban J connectivity index is 1.70. The van der Waals surface area contributed by atoms with Crippen LogP contribution in [0.4, 0.5) is 11.4 Å². The van der Waals surface area contributed by atoms with Crippen molar-refractivity contribution in [1.82, 2.24) is 0 Å². The number of allylic oxidation sites excluding steroid dienone is 4. The third-order valence-electron chi connectivity index (χ3n) is 3.14. The van der Waals surface area contributed by atoms with E-state index in [1.807, 2.05) is 30.3 Å². The average Bonchev–Trinajstić information content (AvgIpc) is 3.01. The average molecular weight is 248 g/mol. The molecular formula is C17H16N2. The molecule has 2 nitrogen and oxygen atoms in total. The molecule has 1 aliphatic carbocycles. The summed E-state index contributed by atoms with van der Waals surface area (Å²) in [6, 6.07) is 18.5. The molecule has 0 bridgehead atoms. The molecule has 0 aromatic heterocycles. The van der Waals surface area contributed by atoms with E-state index in [4.69, 9.17) is 0 Å². The van der Waals surface area contributed by atoms with Crippen molar-refractivity contribution < 1.29 is 0 Å². The summed E-state index contributed by atoms with van der Waals surface area (Å²) in [5.74, 6) is 0.401. The van der Waals surface area contributed by atoms with Gasteiger partial charge in [0.2, 0.25) is 0 Å². The molecule has 94 valence electrons. The predicted molar refractivity (Wildman–Crippen MR) is 81.2 cm³/mol. The van der Waals surface area contributed by atoms with Gasteiger partial charge in [-0.05, 0) is 29.8 Å². The van der Waals surface area contributed by atoms with Gasteiger partial charge in [-0.15, -0.1) is 0 Å². The van der Waals surface area contributed by atoms with Crippen LogP contribution in [0.1, 0.15) is 11.5 Å². The van der Waals surface area contributed by atoms with E-state index in [0.29, 0.717) is 5.92 Å². The molecule has 0 atom stereocenters. The van der Waals surface area contributed by atoms with E-state index in [2.05, 4.69) is 59.4 Å². The maximum absolute atomic E-state index is 3.23. The second kappa shape index (κ2) is 5.44. The molecule has 0 fully saturated rings. The van der Waals surface area contributed by atoms with Crippen LogP contribution in [0.5, 0.6) is 0 Å². The zero-order valence-corrected chi connectivity index (χ0v) is 10.6. The number of hydrazine groups is 1. The van der Waals surface area contributed by atoms with Crippen molar-refractivity contribution in [3.63, 3.8) is 0 Å². The smallest absolute Gasteiger partial charge is 0.0542 e. The highest BCUT2D eigenvalue weighted by Gasteiger charge is 2.07. The van der Waals surface area contributed by atoms with E-state index in [1.54, 1.807) is 0 Å². The van der Waals surface area contributed by atoms with Crippen LogP contribution in [0.15, 0.2) is 78.9 Å². The second-order valence-corrected chi connectivity index (χ2v) is 4.54. The largest absolute Gasteiger partial charge is 0.301 e. The monoisotopic (exact) mass is 248 g/mol. The first-order valence-electron chi connectivity index (χ1n) is 6.44. The summed E-state index contributed by atoms with van der Waals surface area (Å²) in [5, 5.41) is 0. The first-order valence-corrected chi connectivity index (χ1v) is 6.44. The molecule has 0 aliphatic heterocycles. The number of hydrogen-bond donors (Lipinski definition) is 2. The third kappa shape index (κ3) is 2.86. The third-order valence-corrected chi connectivity index (χ3v) is 3.14. The fourth-order valence-corrected chi connectivity index (χ4v) is 2.14. The zero-order chi connectivity index (χ0) is 12.9. The van der Waals surface area contributed by atoms with Gasteiger partial charge in [-0.25, -0.2) is 0 Å². The van der Waals surface area contributed by atoms with Crippen LogP contribution in [0.25, 0.3) is 0 Å². The van der Waals surface area contributed by atoms with Gasteiger partial charge in [0.1, 0.15) is 0 Å². The van der Waals surface area contributed by atoms with Gasteiger partial charge in [0, 0.05) is 5.92 Å². The number of benzene rings is 2. The molecule has 0 unspecified atom stereocenters. The van der Waals surface area contributed by atoms with Crippen molar-refractivity contribution in [2.24, 2.45) is 0 Å². The molecule has 19 heavy (non-hydrogen) atoms. The molecule has 2 N–H and O–H groups in total. The lowest BCUT2D eigenvalue weighted by molar-refractivity contribution is 1.10. The number of rotatable bonds is 4. The Hall–Kier alpha value is -2.48. The number of anilines is 2. The summed E-state index contributed by atoms with van der Waals surface area (Å²) in [4.78, 5) is 0. The van der Waals surface area contributed by atoms with E-state index in [-0.39, 0.29) is 0 Å². The predicted octanol–water partition coefficient (Wildman–Crippen LogP) is 4.34. The molecule has 2 heteroatoms. The lowest BCUT2D eigenvalue weighted by Gasteiger charge is -2.12. The highest BCUT2D eigenvalue weighted by atomic mass is 15.4. The lowest BCUT2D eigenvalue weighted by Crippen LogP contribution is -2.08. The molecular weight excluding hydrogens is 232 g/mol. The molecule has 0 spiro atoms. The normalized spacial score (nSPS) is 13.7. The second-order valence-electron chi connectivity index (χ2n) is 4.54. The maximum atomic E-state index is 3.23. The maximum Gasteiger partial charge on any atom is 0.0542 e. The first kappa shape index (κ1) is 11.6. The molecule has 0 saturated carbocycles. The van der Waals surface area contributed by atoms with Gasteiger partial charge in [0.15, 0.2) is 0 Å². The summed E-state index contributed by atoms with van der Waals surface area (Å²) in [6.07, 6.45) is 8.58. The zero-order valence-electron chi connectivity index (χ0n) is 10.6. The summed E-state index contributed by atoms with van der Waals surface area (Å²) in [7, 11) is 0. The minimum Gasteiger partial charge on any atom is -0.301 e. The summed E-state index contributed by atoms with van der Waals surface area (Å²) in [5.41, 5.74) is 9.83. The molecule has 3 rings (SSSR count). The van der Waals surface area contributed by atoms with Crippen LogP contribution in [-0.2, 0) is 0 Å². The van der Waals surface area contributed by atoms with Crippen LogP contribution >= 0.6 is 0 Å². The van der Waals surface area contributed by atoms with Crippen molar-refractivity contribution in [2.75, 3.05) is 10.9 Å². The van der Waals surface area contributed by atoms with Crippen molar-refractivity contribution in [1.29, 1.82) is 0 Å². The summed E-state index contributed by atoms with van der Waals surface area (Å²) >= 11 is 0. The highest BCUT2D eigenvalue weighted by molar-refractivity contribution is 5.54. The molecule has 2 aromatic rings. The molecule has 0 radical (unpaired) electrons. The van der Waals surface area contributed by atoms with Gasteiger partial charge in [-0.1, -0.05) is 54.6 Å². The minimum absolute atomic E-state index is 0.401. The Morgan fingerprint density at radius 2 is 1.37 bits per heavy atom. The van der Waals surface area contributed by atoms with Crippen LogP contribution in [0.2, 0.25) is 0 Å². The van der Waals surface area contributed by atoms with E-state index in [0.717, 1.165) is 11.4 Å². The van der Waals surface area contributed by atoms with Crippen molar-refractivity contribution >= 4 is 11.4 Å². The van der Waals surface area contributed by atoms with E-state index < -0.39 is 0 Å². The number of hydrogen-bond acceptors (Lipinski definition) is 2. The fraction of sp³-hybridized carbons (Fsp3) is 0.0588. The Labute approximate surface area is 113 Å². The first-order chi connectivity index (χ1) is 9.42. The summed E-state index contributed by atoms with van der Waals surface area (Å²) < 4.78 is 0. The van der Waals surface area contributed by atoms with Gasteiger partial charge in [0.05, 0.1) is 11.4 Å². The van der Waals surface area contributed by atoms with Gasteiger partial charge in [-0.2, -0.15) is 0 Å². The van der Waals surface area contributed by atoms with Gasteiger partial charge in [-0.3, -0.25) is 0 Å². The molecule has 1 aliphatic rings. The lowest BCUT2D eigenvalue weighted by atomic mass is 10.0. The molecule has 2 aromatic carbocycles. The van der Waals surface area contributed by atoms with Crippen LogP contribution < -0.4 is 10.9 Å². The van der Waals surface area contributed by atoms with Crippen LogP contribution in [0, 0.1) is 0 Å². The van der Waals surface area contributed by atoms with E-state index in [1.165, 1.54) is 5.56 Å². The summed E-state index contributed by atoms with van der Waals surface area (Å²) in [6.45, 7) is 0. The Morgan fingerprint density at radius 1 is 0.684 bits per heavy atom. The SMILES string of the molecule is C1=CC(c2cccc(NNc3ccccc3)c2)C=C1. The van der Waals surface area contributed by atoms with Crippen LogP contribution in [0.3, 0.4) is 0 Å². The Bertz CT molecular complexity index is 588. The van der Waals surface area contributed by atoms with Crippen molar-refractivity contribution in [3.05, 3.63) is 84.5 Å². The highest BCUT2D eigenvalue weighted by Crippen LogP contribution is 2.25. The number of para-hydroxylation sites is 1. The number of nitrogens with one attached hydrogen (secondary N) is 2. The van der Waals surface area contributed by atoms with E-state index in [9.17, 15) is 0 Å². The van der Waals surface area contributed by atoms with E-state index >= 15 is 0 Å². The van der Waals surface area contributed by atoms with Gasteiger partial charge in [0.25, 0.3) is 0 Å². The Kier molecular flexibility index (Phi) is 3.32. The molecule has 0 amide bonds. The topological polar surface area (TPSA) is 24.1 Å². The standard InChI is InChI=1S/C17H16N2/c1-2-10-16(11-3-1)18-19-17-12-6-9-15(13-17)14-7-4-5-8-14/h1-14,18-19H. The Morgan fingerprint density at radius 3 is 2.16 bits per heavy atom. The van der Waals surface area contributed by atoms with Crippen LogP contribution in [-0.4, -0.2) is 0 Å². The molecule has 0 heterocycles.